The van der Waals surface area contributed by atoms with Crippen molar-refractivity contribution < 1.29 is 19.1 Å². The second-order valence-corrected chi connectivity index (χ2v) is 8.16. The Bertz CT molecular complexity index is 894. The third-order valence-electron chi connectivity index (χ3n) is 4.15. The predicted octanol–water partition coefficient (Wildman–Crippen LogP) is 4.14. The zero-order valence-electron chi connectivity index (χ0n) is 14.8. The molecule has 0 spiro atoms. The number of fused-ring (bicyclic) bond motifs is 1. The molecule has 8 heteroatoms. The number of halogens is 1. The summed E-state index contributed by atoms with van der Waals surface area (Å²) in [5.41, 5.74) is 1.93. The summed E-state index contributed by atoms with van der Waals surface area (Å²) in [5, 5.41) is 5.91. The molecule has 27 heavy (non-hydrogen) atoms. The van der Waals surface area contributed by atoms with E-state index in [1.165, 1.54) is 18.3 Å². The van der Waals surface area contributed by atoms with Crippen molar-refractivity contribution in [3.8, 4) is 0 Å². The van der Waals surface area contributed by atoms with Crippen LogP contribution in [0.3, 0.4) is 0 Å². The minimum Gasteiger partial charge on any atom is -0.452 e. The van der Waals surface area contributed by atoms with Crippen molar-refractivity contribution >= 4 is 55.7 Å². The van der Waals surface area contributed by atoms with Gasteiger partial charge in [-0.1, -0.05) is 12.1 Å². The number of nitrogens with one attached hydrogen (secondary N) is 2. The summed E-state index contributed by atoms with van der Waals surface area (Å²) < 4.78 is 5.98. The highest BCUT2D eigenvalue weighted by Crippen LogP contribution is 2.38. The Morgan fingerprint density at radius 2 is 1.89 bits per heavy atom. The number of aryl methyl sites for hydroxylation is 1. The molecule has 3 rings (SSSR count). The molecule has 0 atom stereocenters. The lowest BCUT2D eigenvalue weighted by Crippen LogP contribution is -2.22. The standard InChI is InChI=1S/C19H19BrN2O4S/c1-11(23)21-18-17(12-6-2-5-9-15(12)27-18)19(25)26-10-16(24)22-14-8-4-3-7-13(14)20/h3-4,7-8H,2,5-6,9-10H2,1H3,(H,21,23)(H,22,24). The Morgan fingerprint density at radius 1 is 1.15 bits per heavy atom. The summed E-state index contributed by atoms with van der Waals surface area (Å²) in [7, 11) is 0. The fourth-order valence-electron chi connectivity index (χ4n) is 2.98. The first-order valence-electron chi connectivity index (χ1n) is 8.59. The maximum absolute atomic E-state index is 12.6. The Labute approximate surface area is 169 Å². The molecule has 1 aliphatic rings. The van der Waals surface area contributed by atoms with Crippen LogP contribution < -0.4 is 10.6 Å². The van der Waals surface area contributed by atoms with E-state index in [-0.39, 0.29) is 5.91 Å². The van der Waals surface area contributed by atoms with E-state index in [1.807, 2.05) is 6.07 Å². The summed E-state index contributed by atoms with van der Waals surface area (Å²) in [6.45, 7) is 1.00. The molecule has 142 valence electrons. The molecule has 1 aromatic carbocycles. The maximum atomic E-state index is 12.6. The number of carbonyl (C=O) groups is 3. The van der Waals surface area contributed by atoms with Crippen molar-refractivity contribution in [2.45, 2.75) is 32.6 Å². The van der Waals surface area contributed by atoms with E-state index in [9.17, 15) is 14.4 Å². The Hall–Kier alpha value is -2.19. The third kappa shape index (κ3) is 4.75. The minimum absolute atomic E-state index is 0.241. The average Bonchev–Trinajstić information content (AvgIpc) is 2.98. The van der Waals surface area contributed by atoms with Gasteiger partial charge in [-0.25, -0.2) is 4.79 Å². The van der Waals surface area contributed by atoms with Gasteiger partial charge in [0.2, 0.25) is 5.91 Å². The van der Waals surface area contributed by atoms with Gasteiger partial charge in [0.05, 0.1) is 11.3 Å². The molecule has 1 heterocycles. The van der Waals surface area contributed by atoms with Crippen LogP contribution in [0.1, 0.15) is 40.6 Å². The molecule has 2 N–H and O–H groups in total. The van der Waals surface area contributed by atoms with Crippen molar-refractivity contribution in [1.29, 1.82) is 0 Å². The van der Waals surface area contributed by atoms with Crippen LogP contribution in [0.15, 0.2) is 28.7 Å². The van der Waals surface area contributed by atoms with Gasteiger partial charge in [0.1, 0.15) is 5.00 Å². The van der Waals surface area contributed by atoms with Crippen LogP contribution in [0.4, 0.5) is 10.7 Å². The molecule has 2 aromatic rings. The van der Waals surface area contributed by atoms with Gasteiger partial charge in [-0.3, -0.25) is 9.59 Å². The summed E-state index contributed by atoms with van der Waals surface area (Å²) in [6.07, 6.45) is 3.73. The number of hydrogen-bond acceptors (Lipinski definition) is 5. The molecular formula is C19H19BrN2O4S. The lowest BCUT2D eigenvalue weighted by molar-refractivity contribution is -0.119. The highest BCUT2D eigenvalue weighted by Gasteiger charge is 2.27. The lowest BCUT2D eigenvalue weighted by Gasteiger charge is -2.13. The molecule has 0 bridgehead atoms. The van der Waals surface area contributed by atoms with Gasteiger partial charge in [0.15, 0.2) is 6.61 Å². The van der Waals surface area contributed by atoms with Crippen LogP contribution in [-0.4, -0.2) is 24.4 Å². The van der Waals surface area contributed by atoms with Gasteiger partial charge in [-0.2, -0.15) is 0 Å². The first kappa shape index (κ1) is 19.6. The van der Waals surface area contributed by atoms with Gasteiger partial charge in [0.25, 0.3) is 5.91 Å². The van der Waals surface area contributed by atoms with Crippen molar-refractivity contribution in [1.82, 2.24) is 0 Å². The smallest absolute Gasteiger partial charge is 0.341 e. The second-order valence-electron chi connectivity index (χ2n) is 6.20. The monoisotopic (exact) mass is 450 g/mol. The maximum Gasteiger partial charge on any atom is 0.341 e. The van der Waals surface area contributed by atoms with E-state index < -0.39 is 18.5 Å². The van der Waals surface area contributed by atoms with Gasteiger partial charge in [-0.15, -0.1) is 11.3 Å². The molecule has 1 aliphatic carbocycles. The zero-order valence-corrected chi connectivity index (χ0v) is 17.2. The minimum atomic E-state index is -0.583. The Kier molecular flexibility index (Phi) is 6.28. The summed E-state index contributed by atoms with van der Waals surface area (Å²) in [4.78, 5) is 37.3. The third-order valence-corrected chi connectivity index (χ3v) is 6.05. The molecule has 0 radical (unpaired) electrons. The van der Waals surface area contributed by atoms with Gasteiger partial charge < -0.3 is 15.4 Å². The fourth-order valence-corrected chi connectivity index (χ4v) is 4.69. The molecule has 0 fully saturated rings. The predicted molar refractivity (Wildman–Crippen MR) is 108 cm³/mol. The fraction of sp³-hybridized carbons (Fsp3) is 0.316. The Balaban J connectivity index is 1.70. The van der Waals surface area contributed by atoms with E-state index in [0.29, 0.717) is 16.3 Å². The van der Waals surface area contributed by atoms with Gasteiger partial charge in [-0.05, 0) is 59.3 Å². The van der Waals surface area contributed by atoms with E-state index in [2.05, 4.69) is 26.6 Å². The quantitative estimate of drug-likeness (QED) is 0.670. The number of amides is 2. The summed E-state index contributed by atoms with van der Waals surface area (Å²) in [5.74, 6) is -1.25. The molecular weight excluding hydrogens is 432 g/mol. The van der Waals surface area contributed by atoms with Crippen molar-refractivity contribution in [3.05, 3.63) is 44.7 Å². The van der Waals surface area contributed by atoms with Crippen LogP contribution in [0, 0.1) is 0 Å². The average molecular weight is 451 g/mol. The van der Waals surface area contributed by atoms with Crippen LogP contribution in [0.25, 0.3) is 0 Å². The van der Waals surface area contributed by atoms with Crippen LogP contribution in [-0.2, 0) is 27.2 Å². The van der Waals surface area contributed by atoms with Crippen molar-refractivity contribution in [2.24, 2.45) is 0 Å². The number of benzene rings is 1. The normalized spacial score (nSPS) is 12.8. The second kappa shape index (κ2) is 8.67. The molecule has 0 saturated carbocycles. The van der Waals surface area contributed by atoms with E-state index in [4.69, 9.17) is 4.74 Å². The molecule has 1 aromatic heterocycles. The van der Waals surface area contributed by atoms with Crippen molar-refractivity contribution in [2.75, 3.05) is 17.2 Å². The molecule has 2 amide bonds. The SMILES string of the molecule is CC(=O)Nc1sc2c(c1C(=O)OCC(=O)Nc1ccccc1Br)CCCC2. The number of anilines is 2. The van der Waals surface area contributed by atoms with Gasteiger partial charge in [0, 0.05) is 16.3 Å². The largest absolute Gasteiger partial charge is 0.452 e. The van der Waals surface area contributed by atoms with Crippen molar-refractivity contribution in [3.63, 3.8) is 0 Å². The van der Waals surface area contributed by atoms with E-state index in [1.54, 1.807) is 18.2 Å². The number of hydrogen-bond donors (Lipinski definition) is 2. The van der Waals surface area contributed by atoms with E-state index >= 15 is 0 Å². The highest BCUT2D eigenvalue weighted by molar-refractivity contribution is 9.10. The van der Waals surface area contributed by atoms with E-state index in [0.717, 1.165) is 40.6 Å². The lowest BCUT2D eigenvalue weighted by atomic mass is 9.95. The number of carbonyl (C=O) groups excluding carboxylic acids is 3. The topological polar surface area (TPSA) is 84.5 Å². The molecule has 6 nitrogen and oxygen atoms in total. The first-order chi connectivity index (χ1) is 13.0. The van der Waals surface area contributed by atoms with Crippen LogP contribution >= 0.6 is 27.3 Å². The number of thiophene rings is 1. The number of esters is 1. The molecule has 0 aliphatic heterocycles. The van der Waals surface area contributed by atoms with Crippen LogP contribution in [0.2, 0.25) is 0 Å². The zero-order chi connectivity index (χ0) is 19.4. The van der Waals surface area contributed by atoms with Crippen LogP contribution in [0.5, 0.6) is 0 Å². The number of para-hydroxylation sites is 1. The number of ether oxygens (including phenoxy) is 1. The molecule has 0 unspecified atom stereocenters. The summed E-state index contributed by atoms with van der Waals surface area (Å²) in [6, 6.07) is 7.18. The first-order valence-corrected chi connectivity index (χ1v) is 10.2. The van der Waals surface area contributed by atoms with Gasteiger partial charge >= 0.3 is 5.97 Å². The number of rotatable bonds is 5. The molecule has 0 saturated heterocycles. The highest BCUT2D eigenvalue weighted by atomic mass is 79.9. The Morgan fingerprint density at radius 3 is 2.63 bits per heavy atom. The summed E-state index contributed by atoms with van der Waals surface area (Å²) >= 11 is 4.77.